The van der Waals surface area contributed by atoms with Gasteiger partial charge in [0.15, 0.2) is 6.10 Å². The van der Waals surface area contributed by atoms with Crippen LogP contribution in [0, 0.1) is 11.8 Å². The SMILES string of the molecule is CCCCCCCC(=O)OC[C@@H](COC(=O)CCCCCCCCCCC(C)CC)OC(=O)CCCCCCCCCCCCCCCCCCCCC(C)CC. The molecule has 0 aliphatic heterocycles. The average molecular weight is 807 g/mol. The van der Waals surface area contributed by atoms with Crippen LogP contribution in [-0.4, -0.2) is 37.2 Å². The Balaban J connectivity index is 4.07. The maximum Gasteiger partial charge on any atom is 0.306 e. The van der Waals surface area contributed by atoms with Gasteiger partial charge < -0.3 is 14.2 Å². The fourth-order valence-electron chi connectivity index (χ4n) is 7.57. The van der Waals surface area contributed by atoms with Crippen molar-refractivity contribution < 1.29 is 28.6 Å². The van der Waals surface area contributed by atoms with Crippen LogP contribution in [-0.2, 0) is 28.6 Å². The van der Waals surface area contributed by atoms with Crippen molar-refractivity contribution in [2.75, 3.05) is 13.2 Å². The Morgan fingerprint density at radius 3 is 0.912 bits per heavy atom. The van der Waals surface area contributed by atoms with E-state index in [1.54, 1.807) is 0 Å². The highest BCUT2D eigenvalue weighted by atomic mass is 16.6. The summed E-state index contributed by atoms with van der Waals surface area (Å²) in [6, 6.07) is 0. The van der Waals surface area contributed by atoms with E-state index in [1.807, 2.05) is 0 Å². The summed E-state index contributed by atoms with van der Waals surface area (Å²) in [7, 11) is 0. The molecule has 3 atom stereocenters. The number of esters is 3. The van der Waals surface area contributed by atoms with E-state index in [0.29, 0.717) is 19.3 Å². The van der Waals surface area contributed by atoms with Gasteiger partial charge in [0, 0.05) is 19.3 Å². The van der Waals surface area contributed by atoms with E-state index in [4.69, 9.17) is 14.2 Å². The Morgan fingerprint density at radius 1 is 0.351 bits per heavy atom. The van der Waals surface area contributed by atoms with E-state index >= 15 is 0 Å². The molecule has 57 heavy (non-hydrogen) atoms. The summed E-state index contributed by atoms with van der Waals surface area (Å²) >= 11 is 0. The van der Waals surface area contributed by atoms with Crippen LogP contribution in [0.4, 0.5) is 0 Å². The second kappa shape index (κ2) is 44.0. The van der Waals surface area contributed by atoms with Crippen molar-refractivity contribution in [3.05, 3.63) is 0 Å². The molecule has 0 saturated heterocycles. The molecular formula is C51H98O6. The zero-order valence-corrected chi connectivity index (χ0v) is 39.0. The predicted molar refractivity (Wildman–Crippen MR) is 243 cm³/mol. The number of hydrogen-bond donors (Lipinski definition) is 0. The highest BCUT2D eigenvalue weighted by molar-refractivity contribution is 5.71. The summed E-state index contributed by atoms with van der Waals surface area (Å²) in [5.74, 6) is 0.891. The minimum atomic E-state index is -0.759. The van der Waals surface area contributed by atoms with Crippen LogP contribution >= 0.6 is 0 Å². The fourth-order valence-corrected chi connectivity index (χ4v) is 7.57. The molecule has 0 rings (SSSR count). The van der Waals surface area contributed by atoms with Crippen LogP contribution in [0.25, 0.3) is 0 Å². The normalized spacial score (nSPS) is 13.0. The molecule has 0 aliphatic rings. The van der Waals surface area contributed by atoms with Crippen LogP contribution in [0.5, 0.6) is 0 Å². The standard InChI is InChI=1S/C51H98O6/c1-6-9-10-29-36-41-49(52)55-44-48(45-56-50(53)42-37-32-27-24-23-26-31-35-40-47(5)8-3)57-51(54)43-38-33-28-22-20-18-16-14-12-11-13-15-17-19-21-25-30-34-39-46(4)7-2/h46-48H,6-45H2,1-5H3/t46?,47?,48-/m0/s1. The van der Waals surface area contributed by atoms with Gasteiger partial charge in [0.2, 0.25) is 0 Å². The predicted octanol–water partition coefficient (Wildman–Crippen LogP) is 16.1. The molecule has 0 bridgehead atoms. The van der Waals surface area contributed by atoms with Gasteiger partial charge >= 0.3 is 17.9 Å². The van der Waals surface area contributed by atoms with E-state index in [1.165, 1.54) is 161 Å². The average Bonchev–Trinajstić information content (AvgIpc) is 3.21. The van der Waals surface area contributed by atoms with Gasteiger partial charge in [-0.25, -0.2) is 0 Å². The van der Waals surface area contributed by atoms with Crippen molar-refractivity contribution >= 4 is 17.9 Å². The first-order chi connectivity index (χ1) is 27.8. The summed E-state index contributed by atoms with van der Waals surface area (Å²) in [6.07, 6.45) is 44.0. The highest BCUT2D eigenvalue weighted by Gasteiger charge is 2.19. The van der Waals surface area contributed by atoms with Gasteiger partial charge in [-0.3, -0.25) is 14.4 Å². The first-order valence-corrected chi connectivity index (χ1v) is 25.3. The first kappa shape index (κ1) is 55.4. The molecule has 6 nitrogen and oxygen atoms in total. The largest absolute Gasteiger partial charge is 0.462 e. The van der Waals surface area contributed by atoms with Gasteiger partial charge in [0.1, 0.15) is 13.2 Å². The summed E-state index contributed by atoms with van der Waals surface area (Å²) in [6.45, 7) is 11.3. The molecule has 0 amide bonds. The van der Waals surface area contributed by atoms with Gasteiger partial charge in [-0.15, -0.1) is 0 Å². The van der Waals surface area contributed by atoms with Gasteiger partial charge in [-0.1, -0.05) is 240 Å². The summed E-state index contributed by atoms with van der Waals surface area (Å²) in [4.78, 5) is 37.6. The lowest BCUT2D eigenvalue weighted by molar-refractivity contribution is -0.167. The third kappa shape index (κ3) is 42.3. The zero-order valence-electron chi connectivity index (χ0n) is 39.0. The lowest BCUT2D eigenvalue weighted by atomic mass is 9.99. The van der Waals surface area contributed by atoms with E-state index in [0.717, 1.165) is 76.0 Å². The molecule has 0 N–H and O–H groups in total. The van der Waals surface area contributed by atoms with Crippen molar-refractivity contribution in [1.29, 1.82) is 0 Å². The van der Waals surface area contributed by atoms with Crippen LogP contribution < -0.4 is 0 Å². The van der Waals surface area contributed by atoms with Crippen LogP contribution in [0.2, 0.25) is 0 Å². The minimum absolute atomic E-state index is 0.0656. The Hall–Kier alpha value is -1.59. The molecule has 0 fully saturated rings. The monoisotopic (exact) mass is 807 g/mol. The second-order valence-electron chi connectivity index (χ2n) is 17.9. The summed E-state index contributed by atoms with van der Waals surface area (Å²) in [5, 5.41) is 0. The number of ether oxygens (including phenoxy) is 3. The third-order valence-corrected chi connectivity index (χ3v) is 12.2. The molecule has 0 aromatic carbocycles. The fraction of sp³-hybridized carbons (Fsp3) is 0.941. The third-order valence-electron chi connectivity index (χ3n) is 12.2. The lowest BCUT2D eigenvalue weighted by Crippen LogP contribution is -2.30. The van der Waals surface area contributed by atoms with E-state index in [2.05, 4.69) is 34.6 Å². The van der Waals surface area contributed by atoms with Gasteiger partial charge in [0.05, 0.1) is 0 Å². The Bertz CT molecular complexity index is 874. The van der Waals surface area contributed by atoms with Crippen LogP contribution in [0.1, 0.15) is 279 Å². The molecule has 0 aromatic heterocycles. The topological polar surface area (TPSA) is 78.9 Å². The molecule has 6 heteroatoms. The van der Waals surface area contributed by atoms with Crippen LogP contribution in [0.15, 0.2) is 0 Å². The van der Waals surface area contributed by atoms with Crippen molar-refractivity contribution in [3.63, 3.8) is 0 Å². The van der Waals surface area contributed by atoms with Gasteiger partial charge in [0.25, 0.3) is 0 Å². The van der Waals surface area contributed by atoms with Gasteiger partial charge in [-0.2, -0.15) is 0 Å². The van der Waals surface area contributed by atoms with Crippen molar-refractivity contribution in [2.24, 2.45) is 11.8 Å². The quantitative estimate of drug-likeness (QED) is 0.0346. The van der Waals surface area contributed by atoms with Crippen LogP contribution in [0.3, 0.4) is 0 Å². The molecule has 338 valence electrons. The zero-order chi connectivity index (χ0) is 41.9. The van der Waals surface area contributed by atoms with Crippen molar-refractivity contribution in [3.8, 4) is 0 Å². The smallest absolute Gasteiger partial charge is 0.306 e. The number of carbonyl (C=O) groups is 3. The maximum absolute atomic E-state index is 12.7. The molecule has 0 spiro atoms. The lowest BCUT2D eigenvalue weighted by Gasteiger charge is -2.18. The van der Waals surface area contributed by atoms with Crippen molar-refractivity contribution in [1.82, 2.24) is 0 Å². The molecular weight excluding hydrogens is 709 g/mol. The molecule has 0 saturated carbocycles. The number of hydrogen-bond acceptors (Lipinski definition) is 6. The van der Waals surface area contributed by atoms with Crippen molar-refractivity contribution in [2.45, 2.75) is 285 Å². The summed E-state index contributed by atoms with van der Waals surface area (Å²) in [5.41, 5.74) is 0. The second-order valence-corrected chi connectivity index (χ2v) is 17.9. The highest BCUT2D eigenvalue weighted by Crippen LogP contribution is 2.18. The maximum atomic E-state index is 12.7. The Labute approximate surface area is 355 Å². The van der Waals surface area contributed by atoms with E-state index < -0.39 is 6.10 Å². The number of unbranched alkanes of at least 4 members (excludes halogenated alkanes) is 28. The summed E-state index contributed by atoms with van der Waals surface area (Å²) < 4.78 is 16.7. The molecule has 0 heterocycles. The Morgan fingerprint density at radius 2 is 0.614 bits per heavy atom. The van der Waals surface area contributed by atoms with E-state index in [9.17, 15) is 14.4 Å². The minimum Gasteiger partial charge on any atom is -0.462 e. The first-order valence-electron chi connectivity index (χ1n) is 25.3. The van der Waals surface area contributed by atoms with Gasteiger partial charge in [-0.05, 0) is 31.1 Å². The Kier molecular flexibility index (Phi) is 42.7. The molecule has 0 radical (unpaired) electrons. The number of rotatable bonds is 45. The molecule has 0 aromatic rings. The molecule has 0 aliphatic carbocycles. The van der Waals surface area contributed by atoms with E-state index in [-0.39, 0.29) is 31.1 Å². The molecule has 2 unspecified atom stereocenters. The number of carbonyl (C=O) groups excluding carboxylic acids is 3.